The summed E-state index contributed by atoms with van der Waals surface area (Å²) in [7, 11) is 0. The first-order valence-electron chi connectivity index (χ1n) is 3.83. The third-order valence-corrected chi connectivity index (χ3v) is 1.81. The van der Waals surface area contributed by atoms with Crippen LogP contribution in [0.4, 0.5) is 0 Å². The lowest BCUT2D eigenvalue weighted by Gasteiger charge is -1.88. The zero-order valence-corrected chi connectivity index (χ0v) is 8.94. The van der Waals surface area contributed by atoms with Crippen molar-refractivity contribution in [1.82, 2.24) is 0 Å². The molecular weight excluding hydrogens is 223 g/mol. The van der Waals surface area contributed by atoms with Gasteiger partial charge in [0.15, 0.2) is 0 Å². The first kappa shape index (κ1) is 11.2. The molecule has 0 aliphatic rings. The fourth-order valence-electron chi connectivity index (χ4n) is 0.715. The molecule has 0 bridgehead atoms. The zero-order chi connectivity index (χ0) is 8.36. The van der Waals surface area contributed by atoms with Gasteiger partial charge in [-0.25, -0.2) is 0 Å². The number of hydrogen-bond acceptors (Lipinski definition) is 0. The van der Waals surface area contributed by atoms with E-state index < -0.39 is 0 Å². The number of allylic oxidation sites excluding steroid dienone is 4. The molecule has 0 atom stereocenters. The SMILES string of the molecule is ClC/C=C/CCC/C=C/CBr. The van der Waals surface area contributed by atoms with Gasteiger partial charge >= 0.3 is 0 Å². The molecule has 0 aliphatic heterocycles. The third-order valence-electron chi connectivity index (χ3n) is 1.25. The normalized spacial score (nSPS) is 11.8. The second-order valence-electron chi connectivity index (χ2n) is 2.18. The Morgan fingerprint density at radius 3 is 2.18 bits per heavy atom. The van der Waals surface area contributed by atoms with Crippen LogP contribution in [0, 0.1) is 0 Å². The molecule has 2 heteroatoms. The van der Waals surface area contributed by atoms with Crippen LogP contribution in [-0.4, -0.2) is 11.2 Å². The Morgan fingerprint density at radius 2 is 1.64 bits per heavy atom. The van der Waals surface area contributed by atoms with Crippen molar-refractivity contribution in [3.8, 4) is 0 Å². The molecule has 0 saturated heterocycles. The van der Waals surface area contributed by atoms with Crippen LogP contribution in [0.1, 0.15) is 19.3 Å². The summed E-state index contributed by atoms with van der Waals surface area (Å²) in [5.74, 6) is 0.636. The van der Waals surface area contributed by atoms with Crippen molar-refractivity contribution < 1.29 is 0 Å². The molecule has 0 nitrogen and oxygen atoms in total. The maximum atomic E-state index is 5.46. The van der Waals surface area contributed by atoms with E-state index in [-0.39, 0.29) is 0 Å². The standard InChI is InChI=1S/C9H14BrCl/c10-8-6-4-2-1-3-5-7-9-11/h4-7H,1-3,8-9H2/b6-4+,7-5+. The van der Waals surface area contributed by atoms with Gasteiger partial charge in [-0.15, -0.1) is 11.6 Å². The molecule has 0 unspecified atom stereocenters. The van der Waals surface area contributed by atoms with E-state index in [1.807, 2.05) is 6.08 Å². The van der Waals surface area contributed by atoms with Gasteiger partial charge in [0.25, 0.3) is 0 Å². The van der Waals surface area contributed by atoms with Crippen LogP contribution in [0.5, 0.6) is 0 Å². The summed E-state index contributed by atoms with van der Waals surface area (Å²) in [4.78, 5) is 0. The predicted octanol–water partition coefficient (Wildman–Crippen LogP) is 3.90. The summed E-state index contributed by atoms with van der Waals surface area (Å²) in [5.41, 5.74) is 0. The van der Waals surface area contributed by atoms with Gasteiger partial charge < -0.3 is 0 Å². The third kappa shape index (κ3) is 10.2. The molecular formula is C9H14BrCl. The van der Waals surface area contributed by atoms with E-state index in [1.165, 1.54) is 6.42 Å². The lowest BCUT2D eigenvalue weighted by atomic mass is 10.2. The molecule has 0 fully saturated rings. The highest BCUT2D eigenvalue weighted by atomic mass is 79.9. The Balaban J connectivity index is 3.02. The van der Waals surface area contributed by atoms with E-state index in [0.29, 0.717) is 5.88 Å². The van der Waals surface area contributed by atoms with Crippen molar-refractivity contribution in [2.45, 2.75) is 19.3 Å². The van der Waals surface area contributed by atoms with Crippen molar-refractivity contribution >= 4 is 27.5 Å². The van der Waals surface area contributed by atoms with Gasteiger partial charge in [0.1, 0.15) is 0 Å². The first-order valence-corrected chi connectivity index (χ1v) is 5.49. The Kier molecular flexibility index (Phi) is 10.5. The maximum absolute atomic E-state index is 5.46. The number of hydrogen-bond donors (Lipinski definition) is 0. The number of unbranched alkanes of at least 4 members (excludes halogenated alkanes) is 2. The van der Waals surface area contributed by atoms with Gasteiger partial charge in [-0.1, -0.05) is 40.2 Å². The smallest absolute Gasteiger partial charge is 0.0404 e. The van der Waals surface area contributed by atoms with Crippen LogP contribution in [0.2, 0.25) is 0 Å². The highest BCUT2D eigenvalue weighted by Crippen LogP contribution is 1.98. The van der Waals surface area contributed by atoms with Crippen molar-refractivity contribution in [1.29, 1.82) is 0 Å². The van der Waals surface area contributed by atoms with Gasteiger partial charge in [0, 0.05) is 11.2 Å². The van der Waals surface area contributed by atoms with Crippen molar-refractivity contribution in [3.05, 3.63) is 24.3 Å². The lowest BCUT2D eigenvalue weighted by molar-refractivity contribution is 0.866. The van der Waals surface area contributed by atoms with E-state index >= 15 is 0 Å². The summed E-state index contributed by atoms with van der Waals surface area (Å²) in [6.07, 6.45) is 12.0. The molecule has 0 aliphatic carbocycles. The molecule has 11 heavy (non-hydrogen) atoms. The summed E-state index contributed by atoms with van der Waals surface area (Å²) in [5, 5.41) is 0.963. The van der Waals surface area contributed by atoms with Crippen molar-refractivity contribution in [2.75, 3.05) is 11.2 Å². The van der Waals surface area contributed by atoms with E-state index in [1.54, 1.807) is 0 Å². The second kappa shape index (κ2) is 10.2. The molecule has 0 aromatic carbocycles. The molecule has 0 rings (SSSR count). The predicted molar refractivity (Wildman–Crippen MR) is 56.6 cm³/mol. The van der Waals surface area contributed by atoms with Crippen LogP contribution in [-0.2, 0) is 0 Å². The van der Waals surface area contributed by atoms with E-state index in [0.717, 1.165) is 18.2 Å². The molecule has 0 saturated carbocycles. The number of halogens is 2. The Hall–Kier alpha value is 0.250. The monoisotopic (exact) mass is 236 g/mol. The fourth-order valence-corrected chi connectivity index (χ4v) is 1.11. The van der Waals surface area contributed by atoms with Crippen LogP contribution < -0.4 is 0 Å². The molecule has 64 valence electrons. The van der Waals surface area contributed by atoms with Gasteiger partial charge in [0.05, 0.1) is 0 Å². The van der Waals surface area contributed by atoms with E-state index in [4.69, 9.17) is 11.6 Å². The molecule has 0 amide bonds. The topological polar surface area (TPSA) is 0 Å². The molecule has 0 radical (unpaired) electrons. The minimum atomic E-state index is 0.636. The minimum Gasteiger partial charge on any atom is -0.122 e. The Morgan fingerprint density at radius 1 is 1.00 bits per heavy atom. The highest BCUT2D eigenvalue weighted by Gasteiger charge is 1.79. The lowest BCUT2D eigenvalue weighted by Crippen LogP contribution is -1.70. The summed E-state index contributed by atoms with van der Waals surface area (Å²) < 4.78 is 0. The fraction of sp³-hybridized carbons (Fsp3) is 0.556. The Bertz CT molecular complexity index is 105. The molecule has 0 spiro atoms. The van der Waals surface area contributed by atoms with Crippen LogP contribution in [0.25, 0.3) is 0 Å². The largest absolute Gasteiger partial charge is 0.122 e. The zero-order valence-electron chi connectivity index (χ0n) is 6.60. The minimum absolute atomic E-state index is 0.636. The van der Waals surface area contributed by atoms with Crippen molar-refractivity contribution in [2.24, 2.45) is 0 Å². The molecule has 0 aromatic rings. The molecule has 0 heterocycles. The molecule has 0 N–H and O–H groups in total. The number of alkyl halides is 2. The van der Waals surface area contributed by atoms with Gasteiger partial charge in [-0.05, 0) is 19.3 Å². The average molecular weight is 238 g/mol. The summed E-state index contributed by atoms with van der Waals surface area (Å²) >= 11 is 8.78. The maximum Gasteiger partial charge on any atom is 0.0404 e. The highest BCUT2D eigenvalue weighted by molar-refractivity contribution is 9.09. The summed E-state index contributed by atoms with van der Waals surface area (Å²) in [6.45, 7) is 0. The quantitative estimate of drug-likeness (QED) is 0.373. The average Bonchev–Trinajstić information content (AvgIpc) is 2.03. The first-order chi connectivity index (χ1) is 5.41. The van der Waals surface area contributed by atoms with Gasteiger partial charge in [0.2, 0.25) is 0 Å². The molecule has 0 aromatic heterocycles. The van der Waals surface area contributed by atoms with Crippen LogP contribution in [0.3, 0.4) is 0 Å². The Labute approximate surface area is 82.5 Å². The van der Waals surface area contributed by atoms with Gasteiger partial charge in [-0.2, -0.15) is 0 Å². The second-order valence-corrected chi connectivity index (χ2v) is 3.14. The van der Waals surface area contributed by atoms with Crippen molar-refractivity contribution in [3.63, 3.8) is 0 Å². The van der Waals surface area contributed by atoms with E-state index in [9.17, 15) is 0 Å². The van der Waals surface area contributed by atoms with Gasteiger partial charge in [-0.3, -0.25) is 0 Å². The van der Waals surface area contributed by atoms with Crippen LogP contribution >= 0.6 is 27.5 Å². The summed E-state index contributed by atoms with van der Waals surface area (Å²) in [6, 6.07) is 0. The van der Waals surface area contributed by atoms with Crippen LogP contribution in [0.15, 0.2) is 24.3 Å². The number of rotatable bonds is 6. The van der Waals surface area contributed by atoms with E-state index in [2.05, 4.69) is 34.2 Å².